The number of nitrogens with zero attached hydrogens (tertiary/aromatic N) is 2. The molecule has 0 unspecified atom stereocenters. The van der Waals surface area contributed by atoms with E-state index < -0.39 is 5.97 Å². The van der Waals surface area contributed by atoms with Crippen molar-refractivity contribution < 1.29 is 24.6 Å². The minimum Gasteiger partial charge on any atom is -0.507 e. The Labute approximate surface area is 178 Å². The largest absolute Gasteiger partial charge is 0.507 e. The minimum absolute atomic E-state index is 0.185. The highest BCUT2D eigenvalue weighted by atomic mass is 16.4. The van der Waals surface area contributed by atoms with Crippen molar-refractivity contribution in [2.45, 2.75) is 32.6 Å². The molecule has 0 aliphatic heterocycles. The fourth-order valence-electron chi connectivity index (χ4n) is 3.27. The molecule has 0 fully saturated rings. The first kappa shape index (κ1) is 21.8. The van der Waals surface area contributed by atoms with Gasteiger partial charge in [0.2, 0.25) is 5.91 Å². The first-order valence-electron chi connectivity index (χ1n) is 9.95. The van der Waals surface area contributed by atoms with E-state index in [0.717, 1.165) is 18.5 Å². The fourth-order valence-corrected chi connectivity index (χ4v) is 3.27. The third-order valence-electron chi connectivity index (χ3n) is 4.80. The van der Waals surface area contributed by atoms with Crippen LogP contribution in [0.4, 0.5) is 5.69 Å². The van der Waals surface area contributed by atoms with E-state index in [4.69, 9.17) is 5.11 Å². The maximum Gasteiger partial charge on any atom is 0.339 e. The number of hydrogen-bond donors (Lipinski definition) is 4. The van der Waals surface area contributed by atoms with Gasteiger partial charge in [-0.1, -0.05) is 12.5 Å². The molecule has 0 spiro atoms. The highest BCUT2D eigenvalue weighted by Gasteiger charge is 2.15. The molecule has 0 radical (unpaired) electrons. The number of aryl methyl sites for hydroxylation is 1. The van der Waals surface area contributed by atoms with Crippen LogP contribution in [-0.4, -0.2) is 43.9 Å². The lowest BCUT2D eigenvalue weighted by Crippen LogP contribution is -2.26. The molecule has 9 heteroatoms. The zero-order valence-corrected chi connectivity index (χ0v) is 17.1. The SMILES string of the molecule is Cc1nc2ccccn2c1C(=O)NCCCCCC(=O)Nc1ccc(O)c(C(=O)O)c1. The van der Waals surface area contributed by atoms with Crippen molar-refractivity contribution in [1.82, 2.24) is 14.7 Å². The molecule has 2 amide bonds. The van der Waals surface area contributed by atoms with E-state index in [9.17, 15) is 19.5 Å². The summed E-state index contributed by atoms with van der Waals surface area (Å²) in [6.07, 6.45) is 4.16. The maximum absolute atomic E-state index is 12.5. The Bertz CT molecular complexity index is 1120. The summed E-state index contributed by atoms with van der Waals surface area (Å²) in [5.41, 5.74) is 1.95. The normalized spacial score (nSPS) is 10.7. The van der Waals surface area contributed by atoms with Crippen LogP contribution in [0.2, 0.25) is 0 Å². The minimum atomic E-state index is -1.27. The Morgan fingerprint density at radius 3 is 2.68 bits per heavy atom. The van der Waals surface area contributed by atoms with Gasteiger partial charge in [0.1, 0.15) is 22.7 Å². The maximum atomic E-state index is 12.5. The second-order valence-corrected chi connectivity index (χ2v) is 7.13. The first-order valence-corrected chi connectivity index (χ1v) is 9.95. The number of rotatable bonds is 9. The average molecular weight is 424 g/mol. The third-order valence-corrected chi connectivity index (χ3v) is 4.80. The van der Waals surface area contributed by atoms with Crippen molar-refractivity contribution in [2.75, 3.05) is 11.9 Å². The molecule has 0 bridgehead atoms. The number of carbonyl (C=O) groups is 3. The van der Waals surface area contributed by atoms with Crippen LogP contribution in [0.1, 0.15) is 52.2 Å². The molecule has 0 saturated heterocycles. The van der Waals surface area contributed by atoms with Crippen LogP contribution in [0.25, 0.3) is 5.65 Å². The predicted octanol–water partition coefficient (Wildman–Crippen LogP) is 2.98. The van der Waals surface area contributed by atoms with Gasteiger partial charge >= 0.3 is 5.97 Å². The average Bonchev–Trinajstić information content (AvgIpc) is 3.07. The fraction of sp³-hybridized carbons (Fsp3) is 0.273. The zero-order valence-electron chi connectivity index (χ0n) is 17.1. The van der Waals surface area contributed by atoms with Crippen molar-refractivity contribution in [3.63, 3.8) is 0 Å². The van der Waals surface area contributed by atoms with Crippen LogP contribution in [0, 0.1) is 6.92 Å². The number of fused-ring (bicyclic) bond motifs is 1. The van der Waals surface area contributed by atoms with Gasteiger partial charge in [-0.3, -0.25) is 14.0 Å². The predicted molar refractivity (Wildman–Crippen MR) is 114 cm³/mol. The lowest BCUT2D eigenvalue weighted by atomic mass is 10.1. The molecule has 1 aromatic carbocycles. The number of pyridine rings is 1. The number of imidazole rings is 1. The van der Waals surface area contributed by atoms with E-state index in [1.807, 2.05) is 18.2 Å². The Balaban J connectivity index is 1.39. The molecule has 2 heterocycles. The molecule has 4 N–H and O–H groups in total. The van der Waals surface area contributed by atoms with E-state index >= 15 is 0 Å². The summed E-state index contributed by atoms with van der Waals surface area (Å²) in [4.78, 5) is 39.9. The number of unbranched alkanes of at least 4 members (excludes halogenated alkanes) is 2. The van der Waals surface area contributed by atoms with Crippen molar-refractivity contribution >= 4 is 29.1 Å². The molecule has 2 aromatic heterocycles. The Kier molecular flexibility index (Phi) is 6.86. The molecule has 0 saturated carbocycles. The third kappa shape index (κ3) is 5.39. The van der Waals surface area contributed by atoms with E-state index in [2.05, 4.69) is 15.6 Å². The summed E-state index contributed by atoms with van der Waals surface area (Å²) >= 11 is 0. The van der Waals surface area contributed by atoms with Crippen molar-refractivity contribution in [3.8, 4) is 5.75 Å². The van der Waals surface area contributed by atoms with Gasteiger partial charge in [0, 0.05) is 24.8 Å². The van der Waals surface area contributed by atoms with Crippen LogP contribution < -0.4 is 10.6 Å². The summed E-state index contributed by atoms with van der Waals surface area (Å²) in [6.45, 7) is 2.29. The van der Waals surface area contributed by atoms with Crippen molar-refractivity contribution in [3.05, 3.63) is 59.5 Å². The number of amides is 2. The molecule has 0 aliphatic rings. The van der Waals surface area contributed by atoms with Crippen LogP contribution in [0.15, 0.2) is 42.6 Å². The van der Waals surface area contributed by atoms with Gasteiger partial charge in [-0.05, 0) is 50.1 Å². The van der Waals surface area contributed by atoms with Gasteiger partial charge in [0.25, 0.3) is 5.91 Å². The molecule has 31 heavy (non-hydrogen) atoms. The summed E-state index contributed by atoms with van der Waals surface area (Å²) in [6, 6.07) is 9.44. The van der Waals surface area contributed by atoms with Gasteiger partial charge < -0.3 is 20.8 Å². The van der Waals surface area contributed by atoms with Gasteiger partial charge in [-0.25, -0.2) is 9.78 Å². The second kappa shape index (κ2) is 9.75. The van der Waals surface area contributed by atoms with Crippen LogP contribution in [0.5, 0.6) is 5.75 Å². The lowest BCUT2D eigenvalue weighted by Gasteiger charge is -2.08. The quantitative estimate of drug-likeness (QED) is 0.308. The van der Waals surface area contributed by atoms with Gasteiger partial charge in [0.15, 0.2) is 0 Å². The monoisotopic (exact) mass is 424 g/mol. The number of nitrogens with one attached hydrogen (secondary N) is 2. The lowest BCUT2D eigenvalue weighted by molar-refractivity contribution is -0.116. The summed E-state index contributed by atoms with van der Waals surface area (Å²) in [7, 11) is 0. The van der Waals surface area contributed by atoms with E-state index in [1.54, 1.807) is 17.5 Å². The number of hydrogen-bond acceptors (Lipinski definition) is 5. The zero-order chi connectivity index (χ0) is 22.4. The Morgan fingerprint density at radius 2 is 1.90 bits per heavy atom. The topological polar surface area (TPSA) is 133 Å². The van der Waals surface area contributed by atoms with Gasteiger partial charge in [0.05, 0.1) is 5.69 Å². The van der Waals surface area contributed by atoms with Crippen molar-refractivity contribution in [1.29, 1.82) is 0 Å². The summed E-state index contributed by atoms with van der Waals surface area (Å²) in [5, 5.41) is 24.0. The number of carbonyl (C=O) groups excluding carboxylic acids is 2. The molecule has 9 nitrogen and oxygen atoms in total. The number of aromatic hydroxyl groups is 1. The molecule has 0 aliphatic carbocycles. The van der Waals surface area contributed by atoms with Crippen LogP contribution in [-0.2, 0) is 4.79 Å². The molecule has 0 atom stereocenters. The van der Waals surface area contributed by atoms with E-state index in [0.29, 0.717) is 30.0 Å². The van der Waals surface area contributed by atoms with Crippen LogP contribution in [0.3, 0.4) is 0 Å². The molecular formula is C22H24N4O5. The van der Waals surface area contributed by atoms with Crippen LogP contribution >= 0.6 is 0 Å². The number of anilines is 1. The number of benzene rings is 1. The Hall–Kier alpha value is -3.88. The highest BCUT2D eigenvalue weighted by Crippen LogP contribution is 2.21. The summed E-state index contributed by atoms with van der Waals surface area (Å²) in [5.74, 6) is -2.05. The first-order chi connectivity index (χ1) is 14.9. The highest BCUT2D eigenvalue weighted by molar-refractivity contribution is 5.96. The standard InChI is InChI=1S/C22H24N4O5/c1-14-20(26-12-6-4-7-18(26)24-14)21(29)23-11-5-2-3-8-19(28)25-15-9-10-17(27)16(13-15)22(30)31/h4,6-7,9-10,12-13,27H,2-3,5,8,11H2,1H3,(H,23,29)(H,25,28)(H,30,31). The number of aromatic nitrogens is 2. The molecular weight excluding hydrogens is 400 g/mol. The van der Waals surface area contributed by atoms with E-state index in [-0.39, 0.29) is 29.5 Å². The second-order valence-electron chi connectivity index (χ2n) is 7.13. The number of carboxylic acids is 1. The number of phenols is 1. The summed E-state index contributed by atoms with van der Waals surface area (Å²) < 4.78 is 1.76. The Morgan fingerprint density at radius 1 is 1.10 bits per heavy atom. The number of carboxylic acid groups (broad SMARTS) is 1. The van der Waals surface area contributed by atoms with Gasteiger partial charge in [-0.2, -0.15) is 0 Å². The molecule has 3 rings (SSSR count). The molecule has 162 valence electrons. The van der Waals surface area contributed by atoms with E-state index in [1.165, 1.54) is 18.2 Å². The van der Waals surface area contributed by atoms with Gasteiger partial charge in [-0.15, -0.1) is 0 Å². The molecule has 3 aromatic rings. The smallest absolute Gasteiger partial charge is 0.339 e. The number of aromatic carboxylic acids is 1. The van der Waals surface area contributed by atoms with Crippen molar-refractivity contribution in [2.24, 2.45) is 0 Å².